The summed E-state index contributed by atoms with van der Waals surface area (Å²) in [5.74, 6) is 0. The molecular weight excluding hydrogens is 522 g/mol. The first-order chi connectivity index (χ1) is 16.5. The van der Waals surface area contributed by atoms with Gasteiger partial charge in [0.05, 0.1) is 22.2 Å². The van der Waals surface area contributed by atoms with Crippen LogP contribution < -0.4 is 24.2 Å². The standard InChI is InChI=1S/C25H23ClN3OS4/c1-4-29-22(14-21-28(11-12-32-21)15-16-7-5-6-8-18(16)26)34-23(24(29)30)25-27(2)19-10-9-17(31-3)13-20(19)33-25/h5-14H,4,15H2,1-3H3/q+1/b25-23+. The van der Waals surface area contributed by atoms with E-state index in [2.05, 4.69) is 51.6 Å². The number of aromatic nitrogens is 2. The van der Waals surface area contributed by atoms with Gasteiger partial charge in [0.15, 0.2) is 12.7 Å². The molecule has 3 heterocycles. The van der Waals surface area contributed by atoms with Crippen molar-refractivity contribution < 1.29 is 4.57 Å². The maximum atomic E-state index is 13.4. The van der Waals surface area contributed by atoms with Gasteiger partial charge in [-0.3, -0.25) is 9.36 Å². The Hall–Kier alpha value is -1.97. The van der Waals surface area contributed by atoms with E-state index in [0.717, 1.165) is 35.5 Å². The van der Waals surface area contributed by atoms with Gasteiger partial charge in [0.2, 0.25) is 0 Å². The van der Waals surface area contributed by atoms with E-state index in [9.17, 15) is 4.79 Å². The van der Waals surface area contributed by atoms with Crippen molar-refractivity contribution in [1.82, 2.24) is 4.57 Å². The van der Waals surface area contributed by atoms with Gasteiger partial charge in [-0.1, -0.05) is 52.9 Å². The average molecular weight is 545 g/mol. The molecule has 174 valence electrons. The van der Waals surface area contributed by atoms with Crippen molar-refractivity contribution in [2.45, 2.75) is 29.8 Å². The molecule has 0 unspecified atom stereocenters. The van der Waals surface area contributed by atoms with Crippen molar-refractivity contribution in [2.75, 3.05) is 18.2 Å². The van der Waals surface area contributed by atoms with E-state index in [0.29, 0.717) is 13.1 Å². The molecule has 0 radical (unpaired) electrons. The van der Waals surface area contributed by atoms with Crippen LogP contribution in [0.4, 0.5) is 5.69 Å². The summed E-state index contributed by atoms with van der Waals surface area (Å²) < 4.78 is 5.80. The van der Waals surface area contributed by atoms with Crippen molar-refractivity contribution in [3.63, 3.8) is 0 Å². The van der Waals surface area contributed by atoms with Crippen molar-refractivity contribution in [1.29, 1.82) is 0 Å². The third-order valence-electron chi connectivity index (χ3n) is 5.72. The largest absolute Gasteiger partial charge is 0.337 e. The van der Waals surface area contributed by atoms with E-state index in [1.54, 1.807) is 46.2 Å². The number of fused-ring (bicyclic) bond motifs is 1. The topological polar surface area (TPSA) is 29.1 Å². The van der Waals surface area contributed by atoms with E-state index >= 15 is 0 Å². The Bertz CT molecular complexity index is 1550. The summed E-state index contributed by atoms with van der Waals surface area (Å²) >= 11 is 13.0. The number of rotatable bonds is 5. The predicted molar refractivity (Wildman–Crippen MR) is 148 cm³/mol. The number of benzene rings is 2. The number of nitrogens with zero attached hydrogens (tertiary/aromatic N) is 3. The van der Waals surface area contributed by atoms with Gasteiger partial charge in [-0.05, 0) is 37.4 Å². The lowest BCUT2D eigenvalue weighted by molar-refractivity contribution is -0.685. The first-order valence-corrected chi connectivity index (χ1v) is 14.9. The molecule has 1 aliphatic rings. The lowest BCUT2D eigenvalue weighted by Crippen LogP contribution is -2.36. The first-order valence-electron chi connectivity index (χ1n) is 10.8. The van der Waals surface area contributed by atoms with Gasteiger partial charge in [-0.2, -0.15) is 4.57 Å². The van der Waals surface area contributed by atoms with Crippen LogP contribution >= 0.6 is 57.8 Å². The summed E-state index contributed by atoms with van der Waals surface area (Å²) in [6, 6.07) is 14.4. The molecule has 4 nitrogen and oxygen atoms in total. The molecule has 34 heavy (non-hydrogen) atoms. The highest BCUT2D eigenvalue weighted by Gasteiger charge is 2.25. The molecule has 0 bridgehead atoms. The van der Waals surface area contributed by atoms with Crippen LogP contribution in [0.15, 0.2) is 68.6 Å². The molecule has 2 aromatic carbocycles. The molecule has 2 aromatic heterocycles. The highest BCUT2D eigenvalue weighted by Crippen LogP contribution is 2.46. The molecule has 0 saturated carbocycles. The number of hydrogen-bond acceptors (Lipinski definition) is 6. The molecule has 9 heteroatoms. The molecule has 4 aromatic rings. The first kappa shape index (κ1) is 23.8. The minimum Gasteiger partial charge on any atom is -0.337 e. The quantitative estimate of drug-likeness (QED) is 0.266. The molecule has 0 N–H and O–H groups in total. The Balaban J connectivity index is 1.60. The maximum absolute atomic E-state index is 13.4. The highest BCUT2D eigenvalue weighted by molar-refractivity contribution is 8.08. The number of thioether (sulfide) groups is 2. The maximum Gasteiger partial charge on any atom is 0.271 e. The summed E-state index contributed by atoms with van der Waals surface area (Å²) in [6.45, 7) is 3.34. The van der Waals surface area contributed by atoms with Crippen LogP contribution in [0, 0.1) is 0 Å². The normalized spacial score (nSPS) is 15.3. The van der Waals surface area contributed by atoms with Crippen LogP contribution in [-0.2, 0) is 13.1 Å². The number of hydrogen-bond donors (Lipinski definition) is 0. The Labute approximate surface area is 219 Å². The fourth-order valence-electron chi connectivity index (χ4n) is 3.91. The molecule has 0 amide bonds. The second-order valence-corrected chi connectivity index (χ2v) is 12.0. The summed E-state index contributed by atoms with van der Waals surface area (Å²) in [7, 11) is 2.04. The van der Waals surface area contributed by atoms with Crippen molar-refractivity contribution >= 4 is 74.6 Å². The van der Waals surface area contributed by atoms with Gasteiger partial charge in [-0.25, -0.2) is 0 Å². The van der Waals surface area contributed by atoms with Gasteiger partial charge in [0.1, 0.15) is 14.2 Å². The zero-order valence-electron chi connectivity index (χ0n) is 18.9. The molecule has 0 fully saturated rings. The Morgan fingerprint density at radius 1 is 1.21 bits per heavy atom. The summed E-state index contributed by atoms with van der Waals surface area (Å²) in [5.41, 5.74) is 2.29. The number of thiazole rings is 2. The monoisotopic (exact) mass is 544 g/mol. The van der Waals surface area contributed by atoms with Crippen molar-refractivity contribution in [3.05, 3.63) is 89.2 Å². The zero-order chi connectivity index (χ0) is 23.8. The van der Waals surface area contributed by atoms with Crippen LogP contribution in [0.2, 0.25) is 5.02 Å². The summed E-state index contributed by atoms with van der Waals surface area (Å²) in [6.07, 6.45) is 6.28. The summed E-state index contributed by atoms with van der Waals surface area (Å²) in [5, 5.41) is 4.92. The predicted octanol–water partition coefficient (Wildman–Crippen LogP) is 4.84. The van der Waals surface area contributed by atoms with Gasteiger partial charge in [-0.15, -0.1) is 23.1 Å². The van der Waals surface area contributed by atoms with Crippen LogP contribution in [0.25, 0.3) is 11.1 Å². The average Bonchev–Trinajstić information content (AvgIpc) is 3.51. The molecular formula is C25H23ClN3OS4+. The fourth-order valence-corrected chi connectivity index (χ4v) is 7.97. The molecule has 5 rings (SSSR count). The molecule has 0 aliphatic carbocycles. The van der Waals surface area contributed by atoms with E-state index in [-0.39, 0.29) is 5.56 Å². The number of halogens is 1. The van der Waals surface area contributed by atoms with Gasteiger partial charge in [0.25, 0.3) is 10.6 Å². The van der Waals surface area contributed by atoms with Crippen LogP contribution in [0.5, 0.6) is 0 Å². The van der Waals surface area contributed by atoms with Crippen molar-refractivity contribution in [3.8, 4) is 0 Å². The highest BCUT2D eigenvalue weighted by atomic mass is 35.5. The number of anilines is 1. The fraction of sp³-hybridized carbons (Fsp3) is 0.200. The van der Waals surface area contributed by atoms with Crippen LogP contribution in [-0.4, -0.2) is 17.9 Å². The minimum atomic E-state index is 0.0696. The molecule has 0 spiro atoms. The Morgan fingerprint density at radius 2 is 2.03 bits per heavy atom. The molecule has 0 atom stereocenters. The summed E-state index contributed by atoms with van der Waals surface area (Å²) in [4.78, 5) is 18.0. The second kappa shape index (κ2) is 9.95. The SMILES string of the molecule is CCn1c(=O)/c(=C2\Sc3cc(SC)ccc3N2C)s/c1=C\c1scc[n+]1Cc1ccccc1Cl. The molecule has 1 aliphatic heterocycles. The van der Waals surface area contributed by atoms with E-state index in [4.69, 9.17) is 11.6 Å². The van der Waals surface area contributed by atoms with Crippen LogP contribution in [0.1, 0.15) is 17.5 Å². The van der Waals surface area contributed by atoms with Crippen molar-refractivity contribution in [2.24, 2.45) is 0 Å². The third kappa shape index (κ3) is 4.38. The Kier molecular flexibility index (Phi) is 6.95. The van der Waals surface area contributed by atoms with E-state index in [1.165, 1.54) is 9.79 Å². The lowest BCUT2D eigenvalue weighted by atomic mass is 10.2. The van der Waals surface area contributed by atoms with E-state index < -0.39 is 0 Å². The minimum absolute atomic E-state index is 0.0696. The van der Waals surface area contributed by atoms with Crippen LogP contribution in [0.3, 0.4) is 0 Å². The smallest absolute Gasteiger partial charge is 0.271 e. The second-order valence-electron chi connectivity index (χ2n) is 7.72. The third-order valence-corrected chi connectivity index (χ3v) is 10.1. The van der Waals surface area contributed by atoms with Gasteiger partial charge in [0, 0.05) is 28.9 Å². The lowest BCUT2D eigenvalue weighted by Gasteiger charge is -2.12. The van der Waals surface area contributed by atoms with E-state index in [1.807, 2.05) is 42.8 Å². The molecule has 0 saturated heterocycles. The zero-order valence-corrected chi connectivity index (χ0v) is 23.0. The van der Waals surface area contributed by atoms with Gasteiger partial charge >= 0.3 is 0 Å². The Morgan fingerprint density at radius 3 is 2.79 bits per heavy atom. The van der Waals surface area contributed by atoms with Gasteiger partial charge < -0.3 is 4.90 Å².